The molecule has 0 aromatic carbocycles. The Balaban J connectivity index is 1.36. The van der Waals surface area contributed by atoms with E-state index in [1.165, 1.54) is 78.6 Å². The minimum absolute atomic E-state index is 0.390. The molecule has 6 rings (SSSR count). The van der Waals surface area contributed by atoms with Crippen molar-refractivity contribution in [3.63, 3.8) is 0 Å². The van der Waals surface area contributed by atoms with Crippen LogP contribution in [-0.2, 0) is 19.5 Å². The maximum absolute atomic E-state index is 4.89. The van der Waals surface area contributed by atoms with E-state index in [4.69, 9.17) is 4.98 Å². The molecule has 0 bridgehead atoms. The van der Waals surface area contributed by atoms with Crippen LogP contribution >= 0.6 is 11.3 Å². The highest BCUT2D eigenvalue weighted by atomic mass is 32.1. The number of rotatable bonds is 4. The minimum Gasteiger partial charge on any atom is -0.314 e. The Morgan fingerprint density at radius 2 is 1.96 bits per heavy atom. The predicted molar refractivity (Wildman–Crippen MR) is 110 cm³/mol. The number of aromatic nitrogens is 5. The van der Waals surface area contributed by atoms with Gasteiger partial charge in [0.15, 0.2) is 4.96 Å². The topological polar surface area (TPSA) is 51.2 Å². The second kappa shape index (κ2) is 6.66. The number of piperidine rings is 1. The van der Waals surface area contributed by atoms with Crippen molar-refractivity contribution < 1.29 is 0 Å². The summed E-state index contributed by atoms with van der Waals surface area (Å²) in [5.74, 6) is 3.16. The SMILES string of the molecule is Cc1nc2scc(C3CC3)n2c1CN1CCCCC1c1nnc2n1CCCC2. The van der Waals surface area contributed by atoms with E-state index in [-0.39, 0.29) is 0 Å². The van der Waals surface area contributed by atoms with E-state index < -0.39 is 0 Å². The zero-order chi connectivity index (χ0) is 18.7. The summed E-state index contributed by atoms with van der Waals surface area (Å²) in [6, 6.07) is 0.390. The van der Waals surface area contributed by atoms with Crippen molar-refractivity contribution in [3.05, 3.63) is 34.1 Å². The van der Waals surface area contributed by atoms with Crippen molar-refractivity contribution in [2.45, 2.75) is 83.3 Å². The second-order valence-electron chi connectivity index (χ2n) is 8.76. The molecule has 1 saturated heterocycles. The quantitative estimate of drug-likeness (QED) is 0.662. The average molecular weight is 397 g/mol. The summed E-state index contributed by atoms with van der Waals surface area (Å²) in [7, 11) is 0. The molecule has 0 radical (unpaired) electrons. The Labute approximate surface area is 169 Å². The molecule has 1 saturated carbocycles. The number of likely N-dealkylation sites (tertiary alicyclic amines) is 1. The van der Waals surface area contributed by atoms with Gasteiger partial charge in [0, 0.05) is 36.5 Å². The Morgan fingerprint density at radius 1 is 1.07 bits per heavy atom. The van der Waals surface area contributed by atoms with E-state index in [0.29, 0.717) is 6.04 Å². The summed E-state index contributed by atoms with van der Waals surface area (Å²) in [5.41, 5.74) is 4.08. The number of thiazole rings is 1. The second-order valence-corrected chi connectivity index (χ2v) is 9.60. The molecule has 28 heavy (non-hydrogen) atoms. The van der Waals surface area contributed by atoms with Gasteiger partial charge in [-0.2, -0.15) is 0 Å². The summed E-state index contributed by atoms with van der Waals surface area (Å²) in [6.07, 6.45) is 10.0. The molecule has 5 heterocycles. The van der Waals surface area contributed by atoms with Gasteiger partial charge in [0.25, 0.3) is 0 Å². The fourth-order valence-corrected chi connectivity index (χ4v) is 6.17. The van der Waals surface area contributed by atoms with E-state index in [2.05, 4.69) is 36.4 Å². The highest BCUT2D eigenvalue weighted by Crippen LogP contribution is 2.43. The van der Waals surface area contributed by atoms with Crippen LogP contribution < -0.4 is 0 Å². The van der Waals surface area contributed by atoms with Crippen molar-refractivity contribution in [2.24, 2.45) is 0 Å². The molecule has 2 aliphatic heterocycles. The van der Waals surface area contributed by atoms with Crippen molar-refractivity contribution in [3.8, 4) is 0 Å². The molecule has 148 valence electrons. The van der Waals surface area contributed by atoms with E-state index in [0.717, 1.165) is 32.0 Å². The molecule has 0 spiro atoms. The third kappa shape index (κ3) is 2.74. The molecule has 0 amide bonds. The Bertz CT molecular complexity index is 1010. The molecule has 3 aromatic heterocycles. The van der Waals surface area contributed by atoms with Gasteiger partial charge in [-0.15, -0.1) is 21.5 Å². The van der Waals surface area contributed by atoms with Gasteiger partial charge in [-0.25, -0.2) is 4.98 Å². The maximum Gasteiger partial charge on any atom is 0.194 e. The summed E-state index contributed by atoms with van der Waals surface area (Å²) in [6.45, 7) is 5.39. The monoisotopic (exact) mass is 396 g/mol. The fraction of sp³-hybridized carbons (Fsp3) is 0.667. The number of aryl methyl sites for hydroxylation is 2. The lowest BCUT2D eigenvalue weighted by molar-refractivity contribution is 0.127. The minimum atomic E-state index is 0.390. The van der Waals surface area contributed by atoms with Crippen molar-refractivity contribution >= 4 is 16.3 Å². The Kier molecular flexibility index (Phi) is 4.08. The van der Waals surface area contributed by atoms with E-state index in [9.17, 15) is 0 Å². The summed E-state index contributed by atoms with van der Waals surface area (Å²) >= 11 is 1.80. The van der Waals surface area contributed by atoms with Crippen molar-refractivity contribution in [1.29, 1.82) is 0 Å². The number of fused-ring (bicyclic) bond motifs is 2. The molecule has 3 aromatic rings. The van der Waals surface area contributed by atoms with Gasteiger partial charge in [-0.1, -0.05) is 6.42 Å². The normalized spacial score (nSPS) is 23.4. The number of hydrogen-bond donors (Lipinski definition) is 0. The van der Waals surface area contributed by atoms with Gasteiger partial charge in [0.1, 0.15) is 11.6 Å². The molecule has 7 heteroatoms. The largest absolute Gasteiger partial charge is 0.314 e. The summed E-state index contributed by atoms with van der Waals surface area (Å²) < 4.78 is 4.90. The average Bonchev–Trinajstić information content (AvgIpc) is 3.22. The Morgan fingerprint density at radius 3 is 2.86 bits per heavy atom. The molecule has 6 nitrogen and oxygen atoms in total. The van der Waals surface area contributed by atoms with Crippen molar-refractivity contribution in [1.82, 2.24) is 29.0 Å². The lowest BCUT2D eigenvalue weighted by Crippen LogP contribution is -2.35. The molecule has 0 N–H and O–H groups in total. The lowest BCUT2D eigenvalue weighted by atomic mass is 10.0. The predicted octanol–water partition coefficient (Wildman–Crippen LogP) is 4.24. The van der Waals surface area contributed by atoms with Crippen LogP contribution in [0.4, 0.5) is 0 Å². The van der Waals surface area contributed by atoms with Crippen LogP contribution in [0.25, 0.3) is 4.96 Å². The van der Waals surface area contributed by atoms with E-state index in [1.54, 1.807) is 11.3 Å². The Hall–Kier alpha value is -1.73. The van der Waals surface area contributed by atoms with Crippen LogP contribution in [0.2, 0.25) is 0 Å². The fourth-order valence-electron chi connectivity index (χ4n) is 5.13. The highest BCUT2D eigenvalue weighted by molar-refractivity contribution is 7.15. The van der Waals surface area contributed by atoms with Gasteiger partial charge in [-0.05, 0) is 52.0 Å². The van der Waals surface area contributed by atoms with Crippen LogP contribution in [0, 0.1) is 6.92 Å². The van der Waals surface area contributed by atoms with Crippen LogP contribution in [-0.4, -0.2) is 35.6 Å². The number of nitrogens with zero attached hydrogens (tertiary/aromatic N) is 6. The third-order valence-corrected chi connectivity index (χ3v) is 7.68. The molecule has 1 atom stereocenters. The molecule has 1 aliphatic carbocycles. The summed E-state index contributed by atoms with van der Waals surface area (Å²) in [5, 5.41) is 11.6. The molecular formula is C21H28N6S. The third-order valence-electron chi connectivity index (χ3n) is 6.83. The first-order valence-electron chi connectivity index (χ1n) is 10.9. The standard InChI is InChI=1S/C21H28N6S/c1-14-17(27-18(15-8-9-15)13-28-21(27)22-14)12-25-10-4-2-6-16(25)20-24-23-19-7-3-5-11-26(19)20/h13,15-16H,2-12H2,1H3. The first-order chi connectivity index (χ1) is 13.8. The lowest BCUT2D eigenvalue weighted by Gasteiger charge is -2.35. The van der Waals surface area contributed by atoms with Gasteiger partial charge >= 0.3 is 0 Å². The van der Waals surface area contributed by atoms with Crippen LogP contribution in [0.15, 0.2) is 5.38 Å². The summed E-state index contributed by atoms with van der Waals surface area (Å²) in [4.78, 5) is 8.71. The van der Waals surface area contributed by atoms with Gasteiger partial charge in [0.05, 0.1) is 17.4 Å². The van der Waals surface area contributed by atoms with Gasteiger partial charge in [0.2, 0.25) is 0 Å². The molecular weight excluding hydrogens is 368 g/mol. The van der Waals surface area contributed by atoms with Crippen molar-refractivity contribution in [2.75, 3.05) is 6.54 Å². The highest BCUT2D eigenvalue weighted by Gasteiger charge is 2.33. The first-order valence-corrected chi connectivity index (χ1v) is 11.8. The van der Waals surface area contributed by atoms with Crippen LogP contribution in [0.1, 0.15) is 85.6 Å². The van der Waals surface area contributed by atoms with Crippen LogP contribution in [0.5, 0.6) is 0 Å². The zero-order valence-corrected chi connectivity index (χ0v) is 17.4. The molecule has 1 unspecified atom stereocenters. The van der Waals surface area contributed by atoms with Crippen LogP contribution in [0.3, 0.4) is 0 Å². The van der Waals surface area contributed by atoms with E-state index >= 15 is 0 Å². The first kappa shape index (κ1) is 17.2. The smallest absolute Gasteiger partial charge is 0.194 e. The van der Waals surface area contributed by atoms with Gasteiger partial charge in [-0.3, -0.25) is 9.30 Å². The van der Waals surface area contributed by atoms with Gasteiger partial charge < -0.3 is 4.57 Å². The number of hydrogen-bond acceptors (Lipinski definition) is 5. The number of imidazole rings is 1. The maximum atomic E-state index is 4.89. The molecule has 2 fully saturated rings. The zero-order valence-electron chi connectivity index (χ0n) is 16.6. The molecule has 3 aliphatic rings. The van der Waals surface area contributed by atoms with E-state index in [1.807, 2.05) is 0 Å².